The molecule has 1 amide bonds. The van der Waals surface area contributed by atoms with Gasteiger partial charge in [0.25, 0.3) is 0 Å². The van der Waals surface area contributed by atoms with Crippen molar-refractivity contribution in [2.45, 2.75) is 78.6 Å². The molecule has 0 aromatic carbocycles. The van der Waals surface area contributed by atoms with Gasteiger partial charge in [-0.3, -0.25) is 4.79 Å². The summed E-state index contributed by atoms with van der Waals surface area (Å²) < 4.78 is 2.27. The molecule has 164 valence electrons. The first kappa shape index (κ1) is 20.3. The van der Waals surface area contributed by atoms with Gasteiger partial charge in [-0.05, 0) is 80.5 Å². The van der Waals surface area contributed by atoms with E-state index >= 15 is 0 Å². The number of aromatic nitrogens is 2. The lowest BCUT2D eigenvalue weighted by Gasteiger charge is -2.58. The molecule has 1 unspecified atom stereocenters. The summed E-state index contributed by atoms with van der Waals surface area (Å²) in [6.07, 6.45) is 19.3. The van der Waals surface area contributed by atoms with Crippen LogP contribution in [0, 0.1) is 34.5 Å². The van der Waals surface area contributed by atoms with Gasteiger partial charge in [-0.25, -0.2) is 4.98 Å². The van der Waals surface area contributed by atoms with Crippen molar-refractivity contribution >= 4 is 11.6 Å². The van der Waals surface area contributed by atoms with E-state index in [0.29, 0.717) is 16.7 Å². The molecule has 1 aromatic heterocycles. The quantitative estimate of drug-likeness (QED) is 0.650. The molecule has 2 heterocycles. The number of hydrogen-bond donors (Lipinski definition) is 0. The summed E-state index contributed by atoms with van der Waals surface area (Å²) in [7, 11) is 0. The molecule has 3 fully saturated rings. The van der Waals surface area contributed by atoms with Crippen molar-refractivity contribution in [2.24, 2.45) is 34.5 Å². The third-order valence-corrected chi connectivity index (χ3v) is 9.87. The Bertz CT molecular complexity index is 814. The Hall–Kier alpha value is -1.58. The van der Waals surface area contributed by atoms with Gasteiger partial charge in [-0.1, -0.05) is 26.8 Å². The molecule has 4 heteroatoms. The van der Waals surface area contributed by atoms with Crippen LogP contribution in [0.3, 0.4) is 0 Å². The molecule has 4 aliphatic rings. The molecule has 6 atom stereocenters. The summed E-state index contributed by atoms with van der Waals surface area (Å²) in [6, 6.07) is 0. The summed E-state index contributed by atoms with van der Waals surface area (Å²) in [6.45, 7) is 9.22. The van der Waals surface area contributed by atoms with Crippen LogP contribution in [0.2, 0.25) is 0 Å². The Morgan fingerprint density at radius 3 is 2.77 bits per heavy atom. The van der Waals surface area contributed by atoms with Crippen LogP contribution in [0.4, 0.5) is 0 Å². The highest BCUT2D eigenvalue weighted by atomic mass is 16.2. The number of fused-ring (bicyclic) bond motifs is 5. The van der Waals surface area contributed by atoms with Gasteiger partial charge < -0.3 is 9.47 Å². The van der Waals surface area contributed by atoms with Crippen LogP contribution in [-0.4, -0.2) is 33.4 Å². The fourth-order valence-electron chi connectivity index (χ4n) is 8.17. The summed E-state index contributed by atoms with van der Waals surface area (Å²) in [5, 5.41) is 0. The van der Waals surface area contributed by atoms with Gasteiger partial charge in [0.15, 0.2) is 0 Å². The molecule has 2 saturated carbocycles. The van der Waals surface area contributed by atoms with Crippen molar-refractivity contribution in [1.29, 1.82) is 0 Å². The van der Waals surface area contributed by atoms with E-state index in [1.807, 2.05) is 12.5 Å². The minimum atomic E-state index is 0.291. The second-order valence-electron chi connectivity index (χ2n) is 11.1. The first-order valence-electron chi connectivity index (χ1n) is 12.4. The Morgan fingerprint density at radius 1 is 1.13 bits per heavy atom. The average Bonchev–Trinajstić information content (AvgIpc) is 3.32. The minimum absolute atomic E-state index is 0.291. The lowest BCUT2D eigenvalue weighted by Crippen LogP contribution is -2.51. The van der Waals surface area contributed by atoms with Crippen LogP contribution >= 0.6 is 0 Å². The van der Waals surface area contributed by atoms with Crippen molar-refractivity contribution in [1.82, 2.24) is 14.5 Å². The largest absolute Gasteiger partial charge is 0.343 e. The van der Waals surface area contributed by atoms with Gasteiger partial charge in [0.05, 0.1) is 6.33 Å². The standard InChI is InChI=1S/C26H39N3O/c1-4-5-24(30)28-15-11-19-6-7-20-21-8-9-23(29-17-14-27-18-29)26(21,3)12-10-22(20)25(19,2)13-16-28/h9,14,17-22H,4-8,10-13,15-16H2,1-3H3/t19?,20-,21-,22-,25-,26-/m0/s1. The van der Waals surface area contributed by atoms with Crippen molar-refractivity contribution in [3.8, 4) is 0 Å². The smallest absolute Gasteiger partial charge is 0.222 e. The predicted octanol–water partition coefficient (Wildman–Crippen LogP) is 5.62. The van der Waals surface area contributed by atoms with Crippen LogP contribution in [0.5, 0.6) is 0 Å². The number of hydrogen-bond acceptors (Lipinski definition) is 2. The topological polar surface area (TPSA) is 38.1 Å². The van der Waals surface area contributed by atoms with Gasteiger partial charge in [-0.15, -0.1) is 0 Å². The normalized spacial score (nSPS) is 40.8. The Labute approximate surface area is 182 Å². The van der Waals surface area contributed by atoms with Crippen molar-refractivity contribution < 1.29 is 4.79 Å². The number of carbonyl (C=O) groups excluding carboxylic acids is 1. The SMILES string of the molecule is CCCC(=O)N1CCC2CC[C@@H]3[C@H](CC[C@]4(C)C(n5ccnc5)=CC[C@@H]34)[C@@]2(C)CC1. The summed E-state index contributed by atoms with van der Waals surface area (Å²) >= 11 is 0. The fourth-order valence-corrected chi connectivity index (χ4v) is 8.17. The lowest BCUT2D eigenvalue weighted by atomic mass is 9.46. The third-order valence-electron chi connectivity index (χ3n) is 9.87. The number of allylic oxidation sites excluding steroid dienone is 2. The predicted molar refractivity (Wildman–Crippen MR) is 120 cm³/mol. The van der Waals surface area contributed by atoms with Crippen molar-refractivity contribution in [3.63, 3.8) is 0 Å². The van der Waals surface area contributed by atoms with E-state index in [-0.39, 0.29) is 0 Å². The van der Waals surface area contributed by atoms with E-state index in [9.17, 15) is 4.79 Å². The number of imidazole rings is 1. The number of rotatable bonds is 3. The first-order chi connectivity index (χ1) is 14.5. The number of carbonyl (C=O) groups is 1. The van der Waals surface area contributed by atoms with E-state index in [2.05, 4.69) is 47.5 Å². The summed E-state index contributed by atoms with van der Waals surface area (Å²) in [4.78, 5) is 19.1. The third kappa shape index (κ3) is 3.00. The minimum Gasteiger partial charge on any atom is -0.343 e. The Morgan fingerprint density at radius 2 is 2.00 bits per heavy atom. The Kier molecular flexibility index (Phi) is 5.10. The molecule has 4 nitrogen and oxygen atoms in total. The van der Waals surface area contributed by atoms with E-state index in [4.69, 9.17) is 0 Å². The van der Waals surface area contributed by atoms with E-state index in [1.165, 1.54) is 50.6 Å². The van der Waals surface area contributed by atoms with Crippen LogP contribution in [0.25, 0.3) is 5.70 Å². The van der Waals surface area contributed by atoms with Gasteiger partial charge in [0, 0.05) is 43.0 Å². The molecular formula is C26H39N3O. The highest BCUT2D eigenvalue weighted by Gasteiger charge is 2.58. The first-order valence-corrected chi connectivity index (χ1v) is 12.4. The molecule has 5 rings (SSSR count). The van der Waals surface area contributed by atoms with Crippen LogP contribution in [-0.2, 0) is 4.79 Å². The summed E-state index contributed by atoms with van der Waals surface area (Å²) in [5.74, 6) is 3.61. The van der Waals surface area contributed by atoms with Crippen molar-refractivity contribution in [2.75, 3.05) is 13.1 Å². The summed E-state index contributed by atoms with van der Waals surface area (Å²) in [5.41, 5.74) is 2.19. The molecule has 0 radical (unpaired) electrons. The van der Waals surface area contributed by atoms with Gasteiger partial charge in [0.1, 0.15) is 0 Å². The fraction of sp³-hybridized carbons (Fsp3) is 0.769. The van der Waals surface area contributed by atoms with Crippen molar-refractivity contribution in [3.05, 3.63) is 24.8 Å². The molecule has 1 aromatic rings. The van der Waals surface area contributed by atoms with Crippen LogP contribution < -0.4 is 0 Å². The molecule has 1 aliphatic heterocycles. The average molecular weight is 410 g/mol. The van der Waals surface area contributed by atoms with Gasteiger partial charge in [-0.2, -0.15) is 0 Å². The van der Waals surface area contributed by atoms with E-state index in [1.54, 1.807) is 0 Å². The highest BCUT2D eigenvalue weighted by Crippen LogP contribution is 2.66. The molecule has 0 spiro atoms. The molecule has 30 heavy (non-hydrogen) atoms. The molecular weight excluding hydrogens is 370 g/mol. The molecule has 1 saturated heterocycles. The molecule has 3 aliphatic carbocycles. The Balaban J connectivity index is 1.37. The number of nitrogens with zero attached hydrogens (tertiary/aromatic N) is 3. The van der Waals surface area contributed by atoms with E-state index in [0.717, 1.165) is 49.6 Å². The second kappa shape index (κ2) is 7.53. The number of amides is 1. The maximum absolute atomic E-state index is 12.6. The monoisotopic (exact) mass is 409 g/mol. The second-order valence-corrected chi connectivity index (χ2v) is 11.1. The maximum atomic E-state index is 12.6. The van der Waals surface area contributed by atoms with E-state index < -0.39 is 0 Å². The zero-order valence-corrected chi connectivity index (χ0v) is 19.1. The molecule has 0 bridgehead atoms. The highest BCUT2D eigenvalue weighted by molar-refractivity contribution is 5.76. The zero-order valence-electron chi connectivity index (χ0n) is 19.1. The number of likely N-dealkylation sites (tertiary alicyclic amines) is 1. The zero-order chi connectivity index (χ0) is 20.9. The maximum Gasteiger partial charge on any atom is 0.222 e. The lowest BCUT2D eigenvalue weighted by molar-refractivity contribution is -0.131. The van der Waals surface area contributed by atoms with Crippen LogP contribution in [0.15, 0.2) is 24.8 Å². The van der Waals surface area contributed by atoms with Gasteiger partial charge in [0.2, 0.25) is 5.91 Å². The molecule has 0 N–H and O–H groups in total. The van der Waals surface area contributed by atoms with Gasteiger partial charge >= 0.3 is 0 Å². The van der Waals surface area contributed by atoms with Crippen LogP contribution in [0.1, 0.15) is 78.6 Å².